The molecule has 232 valence electrons. The Hall–Kier alpha value is -5.56. The summed E-state index contributed by atoms with van der Waals surface area (Å²) in [5, 5.41) is 2.31. The second-order valence-electron chi connectivity index (χ2n) is 13.1. The van der Waals surface area contributed by atoms with E-state index < -0.39 is 0 Å². The van der Waals surface area contributed by atoms with Crippen molar-refractivity contribution in [3.63, 3.8) is 0 Å². The van der Waals surface area contributed by atoms with Gasteiger partial charge in [0.2, 0.25) is 0 Å². The van der Waals surface area contributed by atoms with Crippen LogP contribution in [0, 0.1) is 0 Å². The first-order valence-corrected chi connectivity index (χ1v) is 16.6. The SMILES string of the molecule is CC1N2C=CN1c1ccccc1/C(=C1\c3ccc4c(oc5ccccc54)c3N3C=CN(C)C13)C1N(C=CN1c1ccccc1)CCC2. The van der Waals surface area contributed by atoms with Crippen molar-refractivity contribution < 1.29 is 4.42 Å². The number of benzene rings is 4. The lowest BCUT2D eigenvalue weighted by Gasteiger charge is -2.38. The molecule has 3 unspecified atom stereocenters. The third kappa shape index (κ3) is 3.74. The van der Waals surface area contributed by atoms with Crippen LogP contribution in [-0.2, 0) is 0 Å². The molecule has 47 heavy (non-hydrogen) atoms. The lowest BCUT2D eigenvalue weighted by Crippen LogP contribution is -2.42. The minimum atomic E-state index is -0.0474. The molecule has 6 heterocycles. The minimum absolute atomic E-state index is 0.0138. The average Bonchev–Trinajstić information content (AvgIpc) is 3.92. The highest BCUT2D eigenvalue weighted by Crippen LogP contribution is 2.54. The molecule has 5 aromatic rings. The third-order valence-electron chi connectivity index (χ3n) is 10.6. The van der Waals surface area contributed by atoms with Gasteiger partial charge in [-0.15, -0.1) is 0 Å². The highest BCUT2D eigenvalue weighted by Gasteiger charge is 2.46. The van der Waals surface area contributed by atoms with Gasteiger partial charge < -0.3 is 33.8 Å². The normalized spacial score (nSPS) is 24.4. The van der Waals surface area contributed by atoms with E-state index in [0.29, 0.717) is 0 Å². The summed E-state index contributed by atoms with van der Waals surface area (Å²) in [6, 6.07) is 32.9. The molecule has 7 heteroatoms. The van der Waals surface area contributed by atoms with Crippen LogP contribution in [0.2, 0.25) is 0 Å². The van der Waals surface area contributed by atoms with E-state index in [-0.39, 0.29) is 18.5 Å². The van der Waals surface area contributed by atoms with Crippen LogP contribution in [0.15, 0.2) is 133 Å². The number of rotatable bonds is 1. The van der Waals surface area contributed by atoms with E-state index >= 15 is 0 Å². The number of likely N-dealkylation sites (N-methyl/N-ethyl adjacent to an activating group) is 1. The molecular formula is C40H36N6O. The van der Waals surface area contributed by atoms with Gasteiger partial charge in [0.05, 0.1) is 11.4 Å². The molecule has 0 aliphatic carbocycles. The summed E-state index contributed by atoms with van der Waals surface area (Å²) in [7, 11) is 2.20. The highest BCUT2D eigenvalue weighted by molar-refractivity contribution is 6.16. The number of hydrogen-bond acceptors (Lipinski definition) is 7. The summed E-state index contributed by atoms with van der Waals surface area (Å²) >= 11 is 0. The van der Waals surface area contributed by atoms with E-state index in [1.165, 1.54) is 33.6 Å². The maximum Gasteiger partial charge on any atom is 0.159 e. The van der Waals surface area contributed by atoms with Crippen molar-refractivity contribution in [3.05, 3.63) is 139 Å². The predicted octanol–water partition coefficient (Wildman–Crippen LogP) is 8.02. The molecule has 1 aromatic heterocycles. The molecule has 0 radical (unpaired) electrons. The molecule has 0 saturated carbocycles. The fraction of sp³-hybridized carbons (Fsp3) is 0.200. The Bertz CT molecular complexity index is 2180. The fourth-order valence-corrected chi connectivity index (χ4v) is 8.45. The second kappa shape index (κ2) is 9.97. The topological polar surface area (TPSA) is 32.6 Å². The van der Waals surface area contributed by atoms with Crippen molar-refractivity contribution in [1.82, 2.24) is 14.7 Å². The quantitative estimate of drug-likeness (QED) is 0.189. The number of nitrogens with zero attached hydrogens (tertiary/aromatic N) is 6. The van der Waals surface area contributed by atoms with Crippen molar-refractivity contribution in [1.29, 1.82) is 0 Å². The molecule has 0 amide bonds. The number of hydrogen-bond donors (Lipinski definition) is 0. The van der Waals surface area contributed by atoms with Gasteiger partial charge in [0.25, 0.3) is 0 Å². The largest absolute Gasteiger partial charge is 0.454 e. The zero-order valence-corrected chi connectivity index (χ0v) is 26.6. The average molecular weight is 617 g/mol. The maximum atomic E-state index is 6.70. The van der Waals surface area contributed by atoms with Crippen molar-refractivity contribution >= 4 is 50.1 Å². The van der Waals surface area contributed by atoms with Crippen LogP contribution in [0.4, 0.5) is 17.1 Å². The van der Waals surface area contributed by atoms with E-state index in [0.717, 1.165) is 47.1 Å². The molecule has 7 nitrogen and oxygen atoms in total. The maximum absolute atomic E-state index is 6.70. The number of anilines is 3. The molecule has 0 spiro atoms. The Morgan fingerprint density at radius 1 is 0.596 bits per heavy atom. The van der Waals surface area contributed by atoms with Crippen LogP contribution < -0.4 is 14.7 Å². The molecule has 5 aliphatic heterocycles. The minimum Gasteiger partial charge on any atom is -0.454 e. The zero-order chi connectivity index (χ0) is 31.2. The van der Waals surface area contributed by atoms with Gasteiger partial charge in [-0.1, -0.05) is 60.7 Å². The van der Waals surface area contributed by atoms with Crippen LogP contribution in [-0.4, -0.2) is 53.3 Å². The Kier molecular flexibility index (Phi) is 5.65. The number of para-hydroxylation sites is 3. The Morgan fingerprint density at radius 2 is 1.32 bits per heavy atom. The first-order chi connectivity index (χ1) is 23.2. The van der Waals surface area contributed by atoms with Crippen molar-refractivity contribution in [2.75, 3.05) is 34.8 Å². The third-order valence-corrected chi connectivity index (χ3v) is 10.6. The molecular weight excluding hydrogens is 580 g/mol. The van der Waals surface area contributed by atoms with Gasteiger partial charge in [0.1, 0.15) is 24.1 Å². The first-order valence-electron chi connectivity index (χ1n) is 16.6. The van der Waals surface area contributed by atoms with E-state index in [4.69, 9.17) is 4.42 Å². The smallest absolute Gasteiger partial charge is 0.159 e. The molecule has 4 aromatic carbocycles. The van der Waals surface area contributed by atoms with Crippen molar-refractivity contribution in [2.45, 2.75) is 31.8 Å². The van der Waals surface area contributed by atoms with Gasteiger partial charge in [-0.25, -0.2) is 0 Å². The van der Waals surface area contributed by atoms with Crippen LogP contribution in [0.5, 0.6) is 0 Å². The molecule has 0 fully saturated rings. The van der Waals surface area contributed by atoms with Gasteiger partial charge in [-0.2, -0.15) is 0 Å². The van der Waals surface area contributed by atoms with Crippen molar-refractivity contribution in [3.8, 4) is 0 Å². The molecule has 3 atom stereocenters. The first kappa shape index (κ1) is 26.6. The van der Waals surface area contributed by atoms with Gasteiger partial charge >= 0.3 is 0 Å². The van der Waals surface area contributed by atoms with Gasteiger partial charge in [-0.05, 0) is 43.7 Å². The standard InChI is InChI=1S/C40H36N6O/c1-27-42-19-10-20-43-23-26-45(28-11-4-3-5-12-28)40(43)35(31-14-6-8-15-33(31)44(27)25-22-42)36-32-18-17-30-29-13-7-9-16-34(29)47-38(30)37(32)46-24-21-41(2)39(36)46/h3-9,11-18,21-27,39-40H,10,19-20H2,1-2H3/b36-35-. The summed E-state index contributed by atoms with van der Waals surface area (Å²) in [6.07, 6.45) is 14.8. The fourth-order valence-electron chi connectivity index (χ4n) is 8.45. The highest BCUT2D eigenvalue weighted by atomic mass is 16.3. The Balaban J connectivity index is 1.31. The van der Waals surface area contributed by atoms with E-state index in [9.17, 15) is 0 Å². The summed E-state index contributed by atoms with van der Waals surface area (Å²) in [5.74, 6) is 0. The monoisotopic (exact) mass is 616 g/mol. The van der Waals surface area contributed by atoms with E-state index in [1.807, 2.05) is 0 Å². The summed E-state index contributed by atoms with van der Waals surface area (Å²) in [6.45, 7) is 4.26. The summed E-state index contributed by atoms with van der Waals surface area (Å²) in [4.78, 5) is 14.7. The summed E-state index contributed by atoms with van der Waals surface area (Å²) in [5.41, 5.74) is 10.5. The van der Waals surface area contributed by atoms with Crippen LogP contribution in [0.1, 0.15) is 24.5 Å². The zero-order valence-electron chi connectivity index (χ0n) is 26.6. The molecule has 10 rings (SSSR count). The van der Waals surface area contributed by atoms with E-state index in [2.05, 4.69) is 172 Å². The van der Waals surface area contributed by atoms with Gasteiger partial charge in [-0.3, -0.25) is 0 Å². The van der Waals surface area contributed by atoms with Crippen LogP contribution in [0.3, 0.4) is 0 Å². The van der Waals surface area contributed by atoms with Gasteiger partial charge in [0, 0.05) is 96.1 Å². The van der Waals surface area contributed by atoms with Crippen LogP contribution >= 0.6 is 0 Å². The Labute approximate surface area is 274 Å². The second-order valence-corrected chi connectivity index (χ2v) is 13.1. The molecule has 2 bridgehead atoms. The summed E-state index contributed by atoms with van der Waals surface area (Å²) < 4.78 is 6.70. The lowest BCUT2D eigenvalue weighted by molar-refractivity contribution is 0.281. The Morgan fingerprint density at radius 3 is 2.23 bits per heavy atom. The number of furan rings is 1. The molecule has 0 saturated heterocycles. The molecule has 5 aliphatic rings. The van der Waals surface area contributed by atoms with Crippen molar-refractivity contribution in [2.24, 2.45) is 0 Å². The van der Waals surface area contributed by atoms with Crippen LogP contribution in [0.25, 0.3) is 33.1 Å². The lowest BCUT2D eigenvalue weighted by atomic mass is 9.89. The predicted molar refractivity (Wildman–Crippen MR) is 191 cm³/mol. The van der Waals surface area contributed by atoms with E-state index in [1.54, 1.807) is 0 Å². The van der Waals surface area contributed by atoms with Gasteiger partial charge in [0.15, 0.2) is 5.58 Å². The number of fused-ring (bicyclic) bond motifs is 12. The molecule has 0 N–H and O–H groups in total.